The lowest BCUT2D eigenvalue weighted by Crippen LogP contribution is -2.39. The molecule has 2 nitrogen and oxygen atoms in total. The molecule has 0 spiro atoms. The van der Waals surface area contributed by atoms with E-state index in [9.17, 15) is 4.79 Å². The van der Waals surface area contributed by atoms with Crippen molar-refractivity contribution in [3.8, 4) is 11.1 Å². The lowest BCUT2D eigenvalue weighted by Gasteiger charge is -2.29. The van der Waals surface area contributed by atoms with Gasteiger partial charge in [0.15, 0.2) is 0 Å². The first-order valence-corrected chi connectivity index (χ1v) is 10.4. The summed E-state index contributed by atoms with van der Waals surface area (Å²) in [5, 5.41) is 0. The molecule has 1 heterocycles. The average molecular weight is 380 g/mol. The predicted molar refractivity (Wildman–Crippen MR) is 114 cm³/mol. The van der Waals surface area contributed by atoms with Crippen LogP contribution in [0, 0.1) is 0 Å². The van der Waals surface area contributed by atoms with E-state index in [2.05, 4.69) is 36.4 Å². The molecule has 0 N–H and O–H groups in total. The molecular formula is C22H21NOS2. The van der Waals surface area contributed by atoms with Crippen molar-refractivity contribution in [1.82, 2.24) is 4.90 Å². The van der Waals surface area contributed by atoms with Gasteiger partial charge in [0.2, 0.25) is 0 Å². The predicted octanol–water partition coefficient (Wildman–Crippen LogP) is 5.89. The zero-order valence-electron chi connectivity index (χ0n) is 14.6. The van der Waals surface area contributed by atoms with Crippen molar-refractivity contribution in [2.75, 3.05) is 0 Å². The minimum atomic E-state index is 0.0824. The van der Waals surface area contributed by atoms with E-state index in [0.717, 1.165) is 23.3 Å². The summed E-state index contributed by atoms with van der Waals surface area (Å²) in [7, 11) is 0. The number of hydrogen-bond donors (Lipinski definition) is 0. The van der Waals surface area contributed by atoms with Crippen LogP contribution in [0.15, 0.2) is 59.5 Å². The highest BCUT2D eigenvalue weighted by atomic mass is 32.2. The molecule has 1 amide bonds. The Labute approximate surface area is 164 Å². The summed E-state index contributed by atoms with van der Waals surface area (Å²) < 4.78 is 0.717. The van der Waals surface area contributed by atoms with Crippen molar-refractivity contribution >= 4 is 40.3 Å². The molecular weight excluding hydrogens is 358 g/mol. The molecule has 0 radical (unpaired) electrons. The lowest BCUT2D eigenvalue weighted by molar-refractivity contribution is -0.124. The van der Waals surface area contributed by atoms with Crippen molar-refractivity contribution in [2.24, 2.45) is 0 Å². The van der Waals surface area contributed by atoms with Crippen LogP contribution in [-0.2, 0) is 4.79 Å². The molecule has 26 heavy (non-hydrogen) atoms. The van der Waals surface area contributed by atoms with Gasteiger partial charge in [-0.2, -0.15) is 0 Å². The van der Waals surface area contributed by atoms with E-state index in [1.165, 1.54) is 42.2 Å². The summed E-state index contributed by atoms with van der Waals surface area (Å²) in [6, 6.07) is 18.9. The van der Waals surface area contributed by atoms with Crippen LogP contribution in [0.1, 0.15) is 37.7 Å². The fourth-order valence-corrected chi connectivity index (χ4v) is 5.09. The van der Waals surface area contributed by atoms with E-state index in [1.54, 1.807) is 0 Å². The Morgan fingerprint density at radius 3 is 2.27 bits per heavy atom. The van der Waals surface area contributed by atoms with Crippen LogP contribution in [0.4, 0.5) is 0 Å². The molecule has 1 saturated heterocycles. The maximum atomic E-state index is 12.9. The highest BCUT2D eigenvalue weighted by Crippen LogP contribution is 2.37. The van der Waals surface area contributed by atoms with E-state index < -0.39 is 0 Å². The van der Waals surface area contributed by atoms with Crippen LogP contribution in [0.5, 0.6) is 0 Å². The molecule has 0 atom stereocenters. The molecule has 132 valence electrons. The Morgan fingerprint density at radius 1 is 0.923 bits per heavy atom. The zero-order chi connectivity index (χ0) is 17.9. The van der Waals surface area contributed by atoms with Gasteiger partial charge in [0, 0.05) is 6.04 Å². The number of hydrogen-bond acceptors (Lipinski definition) is 3. The average Bonchev–Trinajstić information content (AvgIpc) is 2.97. The first kappa shape index (κ1) is 17.5. The number of benzene rings is 2. The number of thiocarbonyl (C=S) groups is 1. The number of thioether (sulfide) groups is 1. The second-order valence-electron chi connectivity index (χ2n) is 6.83. The molecule has 2 aromatic carbocycles. The van der Waals surface area contributed by atoms with Crippen molar-refractivity contribution in [2.45, 2.75) is 38.1 Å². The standard InChI is InChI=1S/C22H21NOS2/c24-21-20(26-22(25)23(21)19-9-5-2-6-10-19)15-16-11-13-18(14-12-16)17-7-3-1-4-8-17/h1,3-4,7-8,11-15,19H,2,5-6,9-10H2/b20-15+. The van der Waals surface area contributed by atoms with Crippen LogP contribution < -0.4 is 0 Å². The zero-order valence-corrected chi connectivity index (χ0v) is 16.2. The van der Waals surface area contributed by atoms with E-state index in [4.69, 9.17) is 12.2 Å². The second-order valence-corrected chi connectivity index (χ2v) is 8.51. The normalized spacial score (nSPS) is 20.2. The van der Waals surface area contributed by atoms with Gasteiger partial charge < -0.3 is 0 Å². The summed E-state index contributed by atoms with van der Waals surface area (Å²) in [4.78, 5) is 15.5. The number of carbonyl (C=O) groups is 1. The van der Waals surface area contributed by atoms with Gasteiger partial charge in [0.05, 0.1) is 4.91 Å². The second kappa shape index (κ2) is 7.77. The first-order valence-electron chi connectivity index (χ1n) is 9.15. The van der Waals surface area contributed by atoms with Crippen LogP contribution in [0.3, 0.4) is 0 Å². The van der Waals surface area contributed by atoms with Gasteiger partial charge in [-0.1, -0.05) is 97.8 Å². The highest BCUT2D eigenvalue weighted by molar-refractivity contribution is 8.26. The highest BCUT2D eigenvalue weighted by Gasteiger charge is 2.37. The van der Waals surface area contributed by atoms with Gasteiger partial charge in [-0.05, 0) is 35.6 Å². The molecule has 2 fully saturated rings. The van der Waals surface area contributed by atoms with Crippen LogP contribution in [-0.4, -0.2) is 21.2 Å². The minimum absolute atomic E-state index is 0.0824. The van der Waals surface area contributed by atoms with Crippen LogP contribution in [0.2, 0.25) is 0 Å². The van der Waals surface area contributed by atoms with E-state index in [-0.39, 0.29) is 5.91 Å². The largest absolute Gasteiger partial charge is 0.290 e. The minimum Gasteiger partial charge on any atom is -0.290 e. The van der Waals surface area contributed by atoms with Gasteiger partial charge in [-0.25, -0.2) is 0 Å². The summed E-state index contributed by atoms with van der Waals surface area (Å²) in [6.07, 6.45) is 7.78. The third-order valence-electron chi connectivity index (χ3n) is 5.08. The monoisotopic (exact) mass is 379 g/mol. The molecule has 4 rings (SSSR count). The van der Waals surface area contributed by atoms with Crippen molar-refractivity contribution in [1.29, 1.82) is 0 Å². The molecule has 1 aliphatic heterocycles. The van der Waals surface area contributed by atoms with Gasteiger partial charge in [0.25, 0.3) is 5.91 Å². The van der Waals surface area contributed by atoms with Gasteiger partial charge >= 0.3 is 0 Å². The van der Waals surface area contributed by atoms with E-state index >= 15 is 0 Å². The number of nitrogens with zero attached hydrogens (tertiary/aromatic N) is 1. The van der Waals surface area contributed by atoms with Crippen LogP contribution >= 0.6 is 24.0 Å². The molecule has 1 aliphatic carbocycles. The molecule has 4 heteroatoms. The van der Waals surface area contributed by atoms with Gasteiger partial charge in [-0.15, -0.1) is 0 Å². The Balaban J connectivity index is 1.53. The number of rotatable bonds is 3. The van der Waals surface area contributed by atoms with Crippen molar-refractivity contribution in [3.63, 3.8) is 0 Å². The van der Waals surface area contributed by atoms with Gasteiger partial charge in [-0.3, -0.25) is 9.69 Å². The van der Waals surface area contributed by atoms with E-state index in [0.29, 0.717) is 10.4 Å². The maximum Gasteiger partial charge on any atom is 0.266 e. The van der Waals surface area contributed by atoms with Gasteiger partial charge in [0.1, 0.15) is 4.32 Å². The summed E-state index contributed by atoms with van der Waals surface area (Å²) in [5.41, 5.74) is 3.41. The molecule has 1 saturated carbocycles. The molecule has 0 bridgehead atoms. The quantitative estimate of drug-likeness (QED) is 0.490. The Kier molecular flexibility index (Phi) is 5.23. The van der Waals surface area contributed by atoms with Crippen molar-refractivity contribution < 1.29 is 4.79 Å². The fourth-order valence-electron chi connectivity index (χ4n) is 3.69. The molecule has 2 aromatic rings. The van der Waals surface area contributed by atoms with E-state index in [1.807, 2.05) is 29.2 Å². The summed E-state index contributed by atoms with van der Waals surface area (Å²) in [5.74, 6) is 0.0824. The third kappa shape index (κ3) is 3.62. The summed E-state index contributed by atoms with van der Waals surface area (Å²) >= 11 is 6.94. The van der Waals surface area contributed by atoms with Crippen LogP contribution in [0.25, 0.3) is 17.2 Å². The lowest BCUT2D eigenvalue weighted by atomic mass is 9.94. The number of amides is 1. The first-order chi connectivity index (χ1) is 12.7. The fraction of sp³-hybridized carbons (Fsp3) is 0.273. The Bertz CT molecular complexity index is 836. The van der Waals surface area contributed by atoms with Crippen molar-refractivity contribution in [3.05, 3.63) is 65.1 Å². The number of carbonyl (C=O) groups excluding carboxylic acids is 1. The Morgan fingerprint density at radius 2 is 1.58 bits per heavy atom. The third-order valence-corrected chi connectivity index (χ3v) is 6.41. The Hall–Kier alpha value is -1.91. The summed E-state index contributed by atoms with van der Waals surface area (Å²) in [6.45, 7) is 0. The molecule has 0 unspecified atom stereocenters. The molecule has 0 aromatic heterocycles. The maximum absolute atomic E-state index is 12.9. The smallest absolute Gasteiger partial charge is 0.266 e. The SMILES string of the molecule is O=C1/C(=C\c2ccc(-c3ccccc3)cc2)SC(=S)N1C1CCCCC1. The molecule has 2 aliphatic rings. The topological polar surface area (TPSA) is 20.3 Å².